The first kappa shape index (κ1) is 14.4. The van der Waals surface area contributed by atoms with Crippen LogP contribution in [0.5, 0.6) is 0 Å². The summed E-state index contributed by atoms with van der Waals surface area (Å²) in [6.45, 7) is 5.75. The second kappa shape index (κ2) is 6.98. The van der Waals surface area contributed by atoms with Crippen molar-refractivity contribution in [2.45, 2.75) is 26.3 Å². The summed E-state index contributed by atoms with van der Waals surface area (Å²) >= 11 is 1.49. The molecule has 0 spiro atoms. The summed E-state index contributed by atoms with van der Waals surface area (Å²) in [4.78, 5) is 17.7. The van der Waals surface area contributed by atoms with E-state index in [9.17, 15) is 4.79 Å². The fourth-order valence-corrected chi connectivity index (χ4v) is 3.18. The molecular weight excluding hydrogens is 260 g/mol. The van der Waals surface area contributed by atoms with Crippen molar-refractivity contribution in [3.8, 4) is 0 Å². The number of aromatic nitrogens is 1. The van der Waals surface area contributed by atoms with Crippen LogP contribution in [0.3, 0.4) is 0 Å². The predicted molar refractivity (Wildman–Crippen MR) is 78.3 cm³/mol. The van der Waals surface area contributed by atoms with E-state index in [2.05, 4.69) is 27.6 Å². The molecule has 0 unspecified atom stereocenters. The number of nitrogens with one attached hydrogen (secondary N) is 2. The van der Waals surface area contributed by atoms with Crippen LogP contribution in [-0.4, -0.2) is 42.5 Å². The molecule has 0 bridgehead atoms. The van der Waals surface area contributed by atoms with Crippen molar-refractivity contribution in [1.82, 2.24) is 15.2 Å². The van der Waals surface area contributed by atoms with Gasteiger partial charge in [-0.05, 0) is 38.9 Å². The minimum Gasteiger partial charge on any atom is -0.317 e. The number of nitrogens with zero attached hydrogens (tertiary/aromatic N) is 2. The molecule has 6 heteroatoms. The molecule has 1 saturated heterocycles. The van der Waals surface area contributed by atoms with Crippen LogP contribution in [0.15, 0.2) is 5.38 Å². The molecule has 2 heterocycles. The van der Waals surface area contributed by atoms with E-state index in [1.807, 2.05) is 5.38 Å². The molecule has 1 aromatic heterocycles. The molecule has 5 nitrogen and oxygen atoms in total. The van der Waals surface area contributed by atoms with Crippen molar-refractivity contribution in [3.63, 3.8) is 0 Å². The molecule has 0 radical (unpaired) electrons. The Kier molecular flexibility index (Phi) is 5.30. The Labute approximate surface area is 118 Å². The quantitative estimate of drug-likeness (QED) is 0.860. The molecule has 0 atom stereocenters. The van der Waals surface area contributed by atoms with Gasteiger partial charge in [0.2, 0.25) is 5.91 Å². The maximum Gasteiger partial charge on any atom is 0.223 e. The molecule has 1 fully saturated rings. The van der Waals surface area contributed by atoms with E-state index >= 15 is 0 Å². The third-order valence-electron chi connectivity index (χ3n) is 3.30. The molecule has 2 N–H and O–H groups in total. The van der Waals surface area contributed by atoms with Gasteiger partial charge in [0.15, 0.2) is 5.13 Å². The van der Waals surface area contributed by atoms with Crippen LogP contribution in [0.25, 0.3) is 0 Å². The fraction of sp³-hybridized carbons (Fsp3) is 0.692. The van der Waals surface area contributed by atoms with E-state index in [4.69, 9.17) is 0 Å². The SMILES string of the molecule is CC(=O)Nc1nc(CN(C)CC2CCNCC2)cs1. The van der Waals surface area contributed by atoms with Crippen LogP contribution >= 0.6 is 11.3 Å². The summed E-state index contributed by atoms with van der Waals surface area (Å²) in [6, 6.07) is 0. The summed E-state index contributed by atoms with van der Waals surface area (Å²) in [5, 5.41) is 8.82. The molecule has 19 heavy (non-hydrogen) atoms. The lowest BCUT2D eigenvalue weighted by atomic mass is 9.98. The monoisotopic (exact) mass is 282 g/mol. The van der Waals surface area contributed by atoms with Crippen molar-refractivity contribution >= 4 is 22.4 Å². The molecule has 1 aliphatic rings. The molecule has 1 amide bonds. The Morgan fingerprint density at radius 2 is 2.32 bits per heavy atom. The zero-order valence-electron chi connectivity index (χ0n) is 11.6. The van der Waals surface area contributed by atoms with E-state index in [1.54, 1.807) is 0 Å². The Morgan fingerprint density at radius 3 is 3.00 bits per heavy atom. The number of rotatable bonds is 5. The van der Waals surface area contributed by atoms with Crippen LogP contribution in [0.1, 0.15) is 25.5 Å². The lowest BCUT2D eigenvalue weighted by molar-refractivity contribution is -0.114. The van der Waals surface area contributed by atoms with Crippen LogP contribution < -0.4 is 10.6 Å². The van der Waals surface area contributed by atoms with Gasteiger partial charge in [-0.25, -0.2) is 4.98 Å². The molecule has 0 saturated carbocycles. The number of carbonyl (C=O) groups is 1. The Balaban J connectivity index is 1.79. The number of carbonyl (C=O) groups excluding carboxylic acids is 1. The van der Waals surface area contributed by atoms with Gasteiger partial charge in [0.1, 0.15) is 0 Å². The average molecular weight is 282 g/mol. The summed E-state index contributed by atoms with van der Waals surface area (Å²) < 4.78 is 0. The second-order valence-electron chi connectivity index (χ2n) is 5.22. The summed E-state index contributed by atoms with van der Waals surface area (Å²) in [7, 11) is 2.14. The van der Waals surface area contributed by atoms with Crippen LogP contribution in [0.4, 0.5) is 5.13 Å². The minimum atomic E-state index is -0.0658. The third kappa shape index (κ3) is 4.89. The van der Waals surface area contributed by atoms with Crippen LogP contribution in [0, 0.1) is 5.92 Å². The third-order valence-corrected chi connectivity index (χ3v) is 4.10. The summed E-state index contributed by atoms with van der Waals surface area (Å²) in [5.74, 6) is 0.726. The maximum atomic E-state index is 10.9. The first-order chi connectivity index (χ1) is 9.13. The fourth-order valence-electron chi connectivity index (χ4n) is 2.43. The summed E-state index contributed by atoms with van der Waals surface area (Å²) in [5.41, 5.74) is 1.03. The van der Waals surface area contributed by atoms with Gasteiger partial charge >= 0.3 is 0 Å². The number of hydrogen-bond donors (Lipinski definition) is 2. The molecule has 1 aliphatic heterocycles. The van der Waals surface area contributed by atoms with E-state index in [0.29, 0.717) is 5.13 Å². The first-order valence-corrected chi connectivity index (χ1v) is 7.62. The van der Waals surface area contributed by atoms with Crippen molar-refractivity contribution in [2.24, 2.45) is 5.92 Å². The smallest absolute Gasteiger partial charge is 0.223 e. The number of hydrogen-bond acceptors (Lipinski definition) is 5. The lowest BCUT2D eigenvalue weighted by Gasteiger charge is -2.27. The highest BCUT2D eigenvalue weighted by Crippen LogP contribution is 2.18. The van der Waals surface area contributed by atoms with Gasteiger partial charge in [0, 0.05) is 25.4 Å². The van der Waals surface area contributed by atoms with Gasteiger partial charge < -0.3 is 15.5 Å². The zero-order valence-corrected chi connectivity index (χ0v) is 12.4. The molecule has 0 aromatic carbocycles. The highest BCUT2D eigenvalue weighted by molar-refractivity contribution is 7.13. The van der Waals surface area contributed by atoms with Crippen LogP contribution in [0.2, 0.25) is 0 Å². The number of amides is 1. The predicted octanol–water partition coefficient (Wildman–Crippen LogP) is 1.53. The number of thiazole rings is 1. The topological polar surface area (TPSA) is 57.3 Å². The highest BCUT2D eigenvalue weighted by Gasteiger charge is 2.15. The first-order valence-electron chi connectivity index (χ1n) is 6.74. The molecule has 1 aromatic rings. The van der Waals surface area contributed by atoms with Gasteiger partial charge in [-0.2, -0.15) is 0 Å². The number of piperidine rings is 1. The zero-order chi connectivity index (χ0) is 13.7. The van der Waals surface area contributed by atoms with Gasteiger partial charge in [-0.1, -0.05) is 0 Å². The van der Waals surface area contributed by atoms with Crippen LogP contribution in [-0.2, 0) is 11.3 Å². The Bertz CT molecular complexity index is 415. The maximum absolute atomic E-state index is 10.9. The normalized spacial score (nSPS) is 16.8. The van der Waals surface area contributed by atoms with Gasteiger partial charge in [0.25, 0.3) is 0 Å². The lowest BCUT2D eigenvalue weighted by Crippen LogP contribution is -2.34. The standard InChI is InChI=1S/C13H22N4OS/c1-10(18)15-13-16-12(9-19-13)8-17(2)7-11-3-5-14-6-4-11/h9,11,14H,3-8H2,1-2H3,(H,15,16,18). The van der Waals surface area contributed by atoms with Gasteiger partial charge in [-0.15, -0.1) is 11.3 Å². The van der Waals surface area contributed by atoms with E-state index in [1.165, 1.54) is 31.1 Å². The average Bonchev–Trinajstić information content (AvgIpc) is 2.76. The molecular formula is C13H22N4OS. The van der Waals surface area contributed by atoms with Crippen molar-refractivity contribution in [2.75, 3.05) is 32.0 Å². The number of anilines is 1. The molecule has 0 aliphatic carbocycles. The molecule has 2 rings (SSSR count). The second-order valence-corrected chi connectivity index (χ2v) is 6.07. The van der Waals surface area contributed by atoms with E-state index in [0.717, 1.165) is 37.8 Å². The van der Waals surface area contributed by atoms with Gasteiger partial charge in [0.05, 0.1) is 5.69 Å². The highest BCUT2D eigenvalue weighted by atomic mass is 32.1. The largest absolute Gasteiger partial charge is 0.317 e. The van der Waals surface area contributed by atoms with Crippen molar-refractivity contribution in [1.29, 1.82) is 0 Å². The van der Waals surface area contributed by atoms with Gasteiger partial charge in [-0.3, -0.25) is 4.79 Å². The summed E-state index contributed by atoms with van der Waals surface area (Å²) in [6.07, 6.45) is 2.52. The Hall–Kier alpha value is -0.980. The van der Waals surface area contributed by atoms with Crippen molar-refractivity contribution in [3.05, 3.63) is 11.1 Å². The minimum absolute atomic E-state index is 0.0658. The van der Waals surface area contributed by atoms with E-state index < -0.39 is 0 Å². The van der Waals surface area contributed by atoms with E-state index in [-0.39, 0.29) is 5.91 Å². The van der Waals surface area contributed by atoms with Crippen molar-refractivity contribution < 1.29 is 4.79 Å². The molecule has 106 valence electrons. The Morgan fingerprint density at radius 1 is 1.58 bits per heavy atom.